The lowest BCUT2D eigenvalue weighted by molar-refractivity contribution is 0.560. The molecule has 1 aromatic carbocycles. The highest BCUT2D eigenvalue weighted by Crippen LogP contribution is 2.32. The number of hydrogen-bond donors (Lipinski definition) is 0. The van der Waals surface area contributed by atoms with Crippen LogP contribution in [0.4, 0.5) is 0 Å². The number of benzene rings is 1. The summed E-state index contributed by atoms with van der Waals surface area (Å²) in [4.78, 5) is 10.0. The minimum Gasteiger partial charge on any atom is -0.256 e. The lowest BCUT2D eigenvalue weighted by atomic mass is 10.1. The summed E-state index contributed by atoms with van der Waals surface area (Å²) >= 11 is 1.45. The Morgan fingerprint density at radius 2 is 1.93 bits per heavy atom. The van der Waals surface area contributed by atoms with E-state index in [1.807, 2.05) is 36.0 Å². The second-order valence-corrected chi connectivity index (χ2v) is 7.33. The Hall–Kier alpha value is -3.19. The predicted octanol–water partition coefficient (Wildman–Crippen LogP) is 4.42. The van der Waals surface area contributed by atoms with Crippen molar-refractivity contribution in [2.24, 2.45) is 0 Å². The molecule has 0 aliphatic rings. The largest absolute Gasteiger partial charge is 0.256 e. The van der Waals surface area contributed by atoms with Gasteiger partial charge in [0, 0.05) is 17.8 Å². The molecule has 4 heterocycles. The summed E-state index contributed by atoms with van der Waals surface area (Å²) in [5, 5.41) is 9.92. The molecule has 0 aliphatic heterocycles. The summed E-state index contributed by atoms with van der Waals surface area (Å²) in [5.41, 5.74) is 5.76. The molecule has 5 aromatic rings. The molecule has 0 aliphatic carbocycles. The van der Waals surface area contributed by atoms with Crippen LogP contribution in [-0.4, -0.2) is 29.3 Å². The number of rotatable bonds is 3. The molecule has 0 spiro atoms. The first-order chi connectivity index (χ1) is 13.2. The summed E-state index contributed by atoms with van der Waals surface area (Å²) in [6, 6.07) is 14.3. The second-order valence-electron chi connectivity index (χ2n) is 6.53. The highest BCUT2D eigenvalue weighted by Gasteiger charge is 2.19. The minimum absolute atomic E-state index is 0.0107. The Kier molecular flexibility index (Phi) is 3.68. The van der Waals surface area contributed by atoms with Crippen molar-refractivity contribution in [2.45, 2.75) is 19.9 Å². The van der Waals surface area contributed by atoms with E-state index in [1.165, 1.54) is 11.5 Å². The van der Waals surface area contributed by atoms with Crippen LogP contribution in [0.2, 0.25) is 0 Å². The zero-order valence-corrected chi connectivity index (χ0v) is 15.7. The smallest absolute Gasteiger partial charge is 0.117 e. The van der Waals surface area contributed by atoms with Crippen molar-refractivity contribution in [1.29, 1.82) is 0 Å². The Morgan fingerprint density at radius 1 is 1.00 bits per heavy atom. The maximum Gasteiger partial charge on any atom is 0.117 e. The monoisotopic (exact) mass is 372 g/mol. The van der Waals surface area contributed by atoms with E-state index in [0.29, 0.717) is 0 Å². The number of hydrogen-bond acceptors (Lipinski definition) is 6. The van der Waals surface area contributed by atoms with Gasteiger partial charge in [0.2, 0.25) is 0 Å². The summed E-state index contributed by atoms with van der Waals surface area (Å²) in [5.74, 6) is 0. The van der Waals surface area contributed by atoms with Crippen molar-refractivity contribution in [3.63, 3.8) is 0 Å². The molecule has 5 rings (SSSR count). The van der Waals surface area contributed by atoms with E-state index < -0.39 is 0 Å². The van der Waals surface area contributed by atoms with Gasteiger partial charge in [-0.3, -0.25) is 9.97 Å². The Balaban J connectivity index is 1.67. The maximum absolute atomic E-state index is 4.61. The zero-order valence-electron chi connectivity index (χ0n) is 14.9. The van der Waals surface area contributed by atoms with Crippen LogP contribution in [0.1, 0.15) is 24.2 Å². The molecule has 4 aromatic heterocycles. The summed E-state index contributed by atoms with van der Waals surface area (Å²) in [6.45, 7) is 4.11. The van der Waals surface area contributed by atoms with E-state index >= 15 is 0 Å². The van der Waals surface area contributed by atoms with Gasteiger partial charge in [-0.25, -0.2) is 4.68 Å². The molecule has 0 radical (unpaired) electrons. The number of aryl methyl sites for hydroxylation is 1. The van der Waals surface area contributed by atoms with Crippen LogP contribution in [-0.2, 0) is 0 Å². The van der Waals surface area contributed by atoms with Crippen LogP contribution in [0.25, 0.3) is 32.5 Å². The molecule has 0 fully saturated rings. The van der Waals surface area contributed by atoms with Gasteiger partial charge in [-0.2, -0.15) is 4.37 Å². The topological polar surface area (TPSA) is 69.4 Å². The average Bonchev–Trinajstić information content (AvgIpc) is 3.33. The first-order valence-electron chi connectivity index (χ1n) is 8.69. The van der Waals surface area contributed by atoms with Crippen LogP contribution in [0, 0.1) is 6.92 Å². The Labute approximate surface area is 159 Å². The fourth-order valence-electron chi connectivity index (χ4n) is 3.31. The molecule has 0 saturated heterocycles. The van der Waals surface area contributed by atoms with E-state index in [4.69, 9.17) is 0 Å². The summed E-state index contributed by atoms with van der Waals surface area (Å²) in [6.07, 6.45) is 3.59. The Morgan fingerprint density at radius 3 is 2.78 bits per heavy atom. The molecule has 0 N–H and O–H groups in total. The predicted molar refractivity (Wildman–Crippen MR) is 107 cm³/mol. The van der Waals surface area contributed by atoms with E-state index in [-0.39, 0.29) is 6.04 Å². The molecule has 7 heteroatoms. The van der Waals surface area contributed by atoms with Gasteiger partial charge in [0.1, 0.15) is 16.7 Å². The highest BCUT2D eigenvalue weighted by atomic mass is 32.1. The lowest BCUT2D eigenvalue weighted by Crippen LogP contribution is -2.09. The lowest BCUT2D eigenvalue weighted by Gasteiger charge is -2.14. The van der Waals surface area contributed by atoms with Crippen molar-refractivity contribution < 1.29 is 0 Å². The van der Waals surface area contributed by atoms with Crippen LogP contribution in [0.3, 0.4) is 0 Å². The average molecular weight is 372 g/mol. The fourth-order valence-corrected chi connectivity index (χ4v) is 4.07. The Bertz CT molecular complexity index is 1270. The number of aromatic nitrogens is 6. The fraction of sp³-hybridized carbons (Fsp3) is 0.150. The molecular formula is C20H16N6S. The number of nitrogens with zero attached hydrogens (tertiary/aromatic N) is 6. The standard InChI is InChI=1S/C20H16N6S/c1-12-10-18(27-24-12)19-20-17(7-9-22-19)23-25-26(20)13(2)14-5-6-16-15(11-14)4-3-8-21-16/h3-11,13H,1-2H3/t13-/m1/s1. The number of pyridine rings is 2. The molecule has 6 nitrogen and oxygen atoms in total. The van der Waals surface area contributed by atoms with E-state index in [2.05, 4.69) is 55.8 Å². The van der Waals surface area contributed by atoms with Crippen molar-refractivity contribution in [3.05, 3.63) is 66.1 Å². The summed E-state index contributed by atoms with van der Waals surface area (Å²) < 4.78 is 6.34. The molecule has 132 valence electrons. The van der Waals surface area contributed by atoms with Crippen molar-refractivity contribution in [1.82, 2.24) is 29.3 Å². The van der Waals surface area contributed by atoms with Gasteiger partial charge in [-0.1, -0.05) is 17.3 Å². The van der Waals surface area contributed by atoms with Gasteiger partial charge in [0.25, 0.3) is 0 Å². The molecule has 27 heavy (non-hydrogen) atoms. The van der Waals surface area contributed by atoms with Crippen molar-refractivity contribution in [2.75, 3.05) is 0 Å². The third kappa shape index (κ3) is 2.67. The van der Waals surface area contributed by atoms with E-state index in [1.54, 1.807) is 6.20 Å². The van der Waals surface area contributed by atoms with Gasteiger partial charge in [-0.15, -0.1) is 5.10 Å². The second kappa shape index (κ2) is 6.21. The molecule has 0 bridgehead atoms. The SMILES string of the molecule is Cc1cc(-c2nccc3nnn([C@H](C)c4ccc5ncccc5c4)c23)sn1. The minimum atomic E-state index is 0.0107. The third-order valence-corrected chi connectivity index (χ3v) is 5.61. The van der Waals surface area contributed by atoms with Gasteiger partial charge < -0.3 is 0 Å². The van der Waals surface area contributed by atoms with Crippen molar-refractivity contribution in [3.8, 4) is 10.6 Å². The molecule has 0 unspecified atom stereocenters. The molecule has 1 atom stereocenters. The van der Waals surface area contributed by atoms with Crippen LogP contribution < -0.4 is 0 Å². The molecule has 0 amide bonds. The van der Waals surface area contributed by atoms with E-state index in [0.717, 1.165) is 43.8 Å². The quantitative estimate of drug-likeness (QED) is 0.469. The normalized spacial score (nSPS) is 12.7. The van der Waals surface area contributed by atoms with Crippen LogP contribution in [0.5, 0.6) is 0 Å². The third-order valence-electron chi connectivity index (χ3n) is 4.72. The zero-order chi connectivity index (χ0) is 18.4. The van der Waals surface area contributed by atoms with Gasteiger partial charge >= 0.3 is 0 Å². The molecule has 0 saturated carbocycles. The first-order valence-corrected chi connectivity index (χ1v) is 9.46. The first kappa shape index (κ1) is 16.0. The van der Waals surface area contributed by atoms with Crippen molar-refractivity contribution >= 4 is 33.5 Å². The summed E-state index contributed by atoms with van der Waals surface area (Å²) in [7, 11) is 0. The van der Waals surface area contributed by atoms with Crippen LogP contribution in [0.15, 0.2) is 54.9 Å². The number of fused-ring (bicyclic) bond motifs is 2. The van der Waals surface area contributed by atoms with Gasteiger partial charge in [0.05, 0.1) is 22.1 Å². The van der Waals surface area contributed by atoms with Crippen LogP contribution >= 0.6 is 11.5 Å². The van der Waals surface area contributed by atoms with E-state index in [9.17, 15) is 0 Å². The van der Waals surface area contributed by atoms with Gasteiger partial charge in [-0.05, 0) is 61.3 Å². The highest BCUT2D eigenvalue weighted by molar-refractivity contribution is 7.09. The molecular weight excluding hydrogens is 356 g/mol. The maximum atomic E-state index is 4.61. The van der Waals surface area contributed by atoms with Gasteiger partial charge in [0.15, 0.2) is 0 Å².